The Balaban J connectivity index is 2.85. The molecule has 1 aromatic rings. The zero-order valence-corrected chi connectivity index (χ0v) is 14.0. The standard InChI is InChI=1S/C17H23FN2O4/c1-10(2)8-15(17(23)24)20-16(22)14(19-11(3)21)9-12-4-6-13(18)7-5-12/h4-7,10,14-15H,8-9H2,1-3H3,(H,19,21)(H,20,22)(H,23,24)/p-1/t14-,15+/m0/s1. The van der Waals surface area contributed by atoms with E-state index in [-0.39, 0.29) is 18.8 Å². The van der Waals surface area contributed by atoms with Crippen molar-refractivity contribution in [1.82, 2.24) is 10.6 Å². The van der Waals surface area contributed by atoms with Crippen molar-refractivity contribution in [2.24, 2.45) is 5.92 Å². The molecule has 0 saturated carbocycles. The molecular weight excluding hydrogens is 315 g/mol. The third-order valence-electron chi connectivity index (χ3n) is 3.36. The maximum Gasteiger partial charge on any atom is 0.243 e. The number of rotatable bonds is 8. The van der Waals surface area contributed by atoms with Crippen LogP contribution in [0.1, 0.15) is 32.8 Å². The maximum atomic E-state index is 13.0. The first-order valence-electron chi connectivity index (χ1n) is 7.71. The Kier molecular flexibility index (Phi) is 7.35. The maximum absolute atomic E-state index is 13.0. The van der Waals surface area contributed by atoms with Gasteiger partial charge in [0.15, 0.2) is 0 Å². The Morgan fingerprint density at radius 3 is 2.12 bits per heavy atom. The number of carbonyl (C=O) groups is 3. The minimum Gasteiger partial charge on any atom is -0.548 e. The highest BCUT2D eigenvalue weighted by atomic mass is 19.1. The fraction of sp³-hybridized carbons (Fsp3) is 0.471. The summed E-state index contributed by atoms with van der Waals surface area (Å²) in [5, 5.41) is 16.0. The van der Waals surface area contributed by atoms with Crippen molar-refractivity contribution in [3.8, 4) is 0 Å². The molecule has 7 heteroatoms. The second kappa shape index (κ2) is 9.00. The summed E-state index contributed by atoms with van der Waals surface area (Å²) in [7, 11) is 0. The highest BCUT2D eigenvalue weighted by molar-refractivity contribution is 5.89. The molecular formula is C17H22FN2O4-. The van der Waals surface area contributed by atoms with Crippen LogP contribution in [-0.4, -0.2) is 29.9 Å². The summed E-state index contributed by atoms with van der Waals surface area (Å²) in [5.41, 5.74) is 0.638. The third-order valence-corrected chi connectivity index (χ3v) is 3.36. The molecule has 2 atom stereocenters. The van der Waals surface area contributed by atoms with Crippen LogP contribution < -0.4 is 15.7 Å². The van der Waals surface area contributed by atoms with Gasteiger partial charge in [0, 0.05) is 13.3 Å². The minimum atomic E-state index is -1.37. The van der Waals surface area contributed by atoms with Crippen LogP contribution in [0.4, 0.5) is 4.39 Å². The summed E-state index contributed by atoms with van der Waals surface area (Å²) >= 11 is 0. The molecule has 132 valence electrons. The fourth-order valence-electron chi connectivity index (χ4n) is 2.27. The molecule has 0 radical (unpaired) electrons. The van der Waals surface area contributed by atoms with E-state index in [1.807, 2.05) is 13.8 Å². The second-order valence-electron chi connectivity index (χ2n) is 6.09. The summed E-state index contributed by atoms with van der Waals surface area (Å²) in [5.74, 6) is -2.78. The number of nitrogens with one attached hydrogen (secondary N) is 2. The highest BCUT2D eigenvalue weighted by Gasteiger charge is 2.23. The van der Waals surface area contributed by atoms with Gasteiger partial charge in [-0.05, 0) is 30.0 Å². The molecule has 6 nitrogen and oxygen atoms in total. The van der Waals surface area contributed by atoms with Crippen LogP contribution in [0.25, 0.3) is 0 Å². The van der Waals surface area contributed by atoms with Crippen molar-refractivity contribution in [2.45, 2.75) is 45.7 Å². The molecule has 0 unspecified atom stereocenters. The van der Waals surface area contributed by atoms with Crippen LogP contribution >= 0.6 is 0 Å². The van der Waals surface area contributed by atoms with Gasteiger partial charge in [0.1, 0.15) is 11.9 Å². The molecule has 0 bridgehead atoms. The van der Waals surface area contributed by atoms with Crippen LogP contribution in [0.15, 0.2) is 24.3 Å². The fourth-order valence-corrected chi connectivity index (χ4v) is 2.27. The summed E-state index contributed by atoms with van der Waals surface area (Å²) < 4.78 is 13.0. The summed E-state index contributed by atoms with van der Waals surface area (Å²) in [4.78, 5) is 34.8. The number of carbonyl (C=O) groups excluding carboxylic acids is 3. The third kappa shape index (κ3) is 6.76. The second-order valence-corrected chi connectivity index (χ2v) is 6.09. The lowest BCUT2D eigenvalue weighted by Crippen LogP contribution is -2.55. The van der Waals surface area contributed by atoms with Crippen LogP contribution in [0.2, 0.25) is 0 Å². The van der Waals surface area contributed by atoms with Gasteiger partial charge >= 0.3 is 0 Å². The van der Waals surface area contributed by atoms with E-state index in [2.05, 4.69) is 10.6 Å². The van der Waals surface area contributed by atoms with E-state index < -0.39 is 35.7 Å². The number of carboxylic acids is 1. The van der Waals surface area contributed by atoms with Gasteiger partial charge < -0.3 is 20.5 Å². The molecule has 1 aromatic carbocycles. The van der Waals surface area contributed by atoms with Gasteiger partial charge in [0.25, 0.3) is 0 Å². The Labute approximate surface area is 140 Å². The molecule has 1 rings (SSSR count). The normalized spacial score (nSPS) is 13.2. The molecule has 0 spiro atoms. The number of hydrogen-bond donors (Lipinski definition) is 2. The monoisotopic (exact) mass is 337 g/mol. The summed E-state index contributed by atoms with van der Waals surface area (Å²) in [6.45, 7) is 4.91. The van der Waals surface area contributed by atoms with E-state index in [1.54, 1.807) is 0 Å². The first-order valence-corrected chi connectivity index (χ1v) is 7.71. The van der Waals surface area contributed by atoms with Gasteiger partial charge in [0.2, 0.25) is 11.8 Å². The molecule has 2 amide bonds. The van der Waals surface area contributed by atoms with Gasteiger partial charge in [-0.2, -0.15) is 0 Å². The number of benzene rings is 1. The lowest BCUT2D eigenvalue weighted by Gasteiger charge is -2.25. The van der Waals surface area contributed by atoms with Crippen molar-refractivity contribution in [2.75, 3.05) is 0 Å². The molecule has 0 heterocycles. The number of halogens is 1. The largest absolute Gasteiger partial charge is 0.548 e. The van der Waals surface area contributed by atoms with Crippen molar-refractivity contribution in [3.63, 3.8) is 0 Å². The first kappa shape index (κ1) is 19.6. The number of carboxylic acid groups (broad SMARTS) is 1. The van der Waals surface area contributed by atoms with E-state index in [1.165, 1.54) is 31.2 Å². The highest BCUT2D eigenvalue weighted by Crippen LogP contribution is 2.08. The van der Waals surface area contributed by atoms with Gasteiger partial charge in [-0.3, -0.25) is 9.59 Å². The van der Waals surface area contributed by atoms with Crippen LogP contribution in [0.3, 0.4) is 0 Å². The number of aliphatic carboxylic acids is 1. The molecule has 0 aliphatic rings. The predicted octanol–water partition coefficient (Wildman–Crippen LogP) is 0.154. The van der Waals surface area contributed by atoms with Crippen molar-refractivity contribution in [1.29, 1.82) is 0 Å². The van der Waals surface area contributed by atoms with Crippen LogP contribution in [0.5, 0.6) is 0 Å². The summed E-state index contributed by atoms with van der Waals surface area (Å²) in [6, 6.07) is 3.41. The lowest BCUT2D eigenvalue weighted by atomic mass is 10.0. The van der Waals surface area contributed by atoms with E-state index in [0.717, 1.165) is 0 Å². The van der Waals surface area contributed by atoms with Crippen LogP contribution in [0, 0.1) is 11.7 Å². The average molecular weight is 337 g/mol. The SMILES string of the molecule is CC(=O)N[C@@H](Cc1ccc(F)cc1)C(=O)N[C@H](CC(C)C)C(=O)[O-]. The molecule has 2 N–H and O–H groups in total. The van der Waals surface area contributed by atoms with E-state index in [0.29, 0.717) is 5.56 Å². The molecule has 0 aliphatic carbocycles. The number of hydrogen-bond acceptors (Lipinski definition) is 4. The van der Waals surface area contributed by atoms with Gasteiger partial charge in [0.05, 0.1) is 12.0 Å². The van der Waals surface area contributed by atoms with E-state index in [4.69, 9.17) is 0 Å². The Morgan fingerprint density at radius 2 is 1.67 bits per heavy atom. The van der Waals surface area contributed by atoms with Gasteiger partial charge in [-0.1, -0.05) is 26.0 Å². The van der Waals surface area contributed by atoms with Crippen LogP contribution in [-0.2, 0) is 20.8 Å². The van der Waals surface area contributed by atoms with Gasteiger partial charge in [-0.15, -0.1) is 0 Å². The minimum absolute atomic E-state index is 0.0458. The molecule has 0 aromatic heterocycles. The zero-order chi connectivity index (χ0) is 18.3. The zero-order valence-electron chi connectivity index (χ0n) is 14.0. The quantitative estimate of drug-likeness (QED) is 0.706. The Bertz CT molecular complexity index is 587. The molecule has 0 saturated heterocycles. The summed E-state index contributed by atoms with van der Waals surface area (Å²) in [6.07, 6.45) is 0.338. The van der Waals surface area contributed by atoms with E-state index >= 15 is 0 Å². The molecule has 0 fully saturated rings. The van der Waals surface area contributed by atoms with Crippen molar-refractivity contribution < 1.29 is 23.9 Å². The lowest BCUT2D eigenvalue weighted by molar-refractivity contribution is -0.308. The topological polar surface area (TPSA) is 98.3 Å². The smallest absolute Gasteiger partial charge is 0.243 e. The van der Waals surface area contributed by atoms with E-state index in [9.17, 15) is 23.9 Å². The number of amides is 2. The predicted molar refractivity (Wildman–Crippen MR) is 84.1 cm³/mol. The molecule has 0 aliphatic heterocycles. The van der Waals surface area contributed by atoms with Crippen molar-refractivity contribution in [3.05, 3.63) is 35.6 Å². The molecule has 24 heavy (non-hydrogen) atoms. The average Bonchev–Trinajstić information content (AvgIpc) is 2.47. The first-order chi connectivity index (χ1) is 11.2. The Morgan fingerprint density at radius 1 is 1.08 bits per heavy atom. The van der Waals surface area contributed by atoms with Gasteiger partial charge in [-0.25, -0.2) is 4.39 Å². The van der Waals surface area contributed by atoms with Crippen molar-refractivity contribution >= 4 is 17.8 Å². The Hall–Kier alpha value is -2.44.